The van der Waals surface area contributed by atoms with Gasteiger partial charge >= 0.3 is 0 Å². The summed E-state index contributed by atoms with van der Waals surface area (Å²) in [5, 5.41) is 3.25. The maximum absolute atomic E-state index is 5.47. The first-order valence-electron chi connectivity index (χ1n) is 6.29. The van der Waals surface area contributed by atoms with Gasteiger partial charge in [0.2, 0.25) is 0 Å². The van der Waals surface area contributed by atoms with E-state index in [0.29, 0.717) is 17.7 Å². The highest BCUT2D eigenvalue weighted by Crippen LogP contribution is 2.09. The Morgan fingerprint density at radius 2 is 2.00 bits per heavy atom. The van der Waals surface area contributed by atoms with Crippen molar-refractivity contribution in [2.45, 2.75) is 39.7 Å². The average molecular weight is 253 g/mol. The quantitative estimate of drug-likeness (QED) is 0.371. The average Bonchev–Trinajstić information content (AvgIpc) is 2.32. The van der Waals surface area contributed by atoms with Crippen molar-refractivity contribution in [1.82, 2.24) is 9.97 Å². The van der Waals surface area contributed by atoms with Gasteiger partial charge in [0.25, 0.3) is 0 Å². The second-order valence-electron chi connectivity index (χ2n) is 4.38. The van der Waals surface area contributed by atoms with Crippen molar-refractivity contribution in [3.05, 3.63) is 11.9 Å². The molecule has 6 nitrogen and oxygen atoms in total. The molecule has 0 aliphatic carbocycles. The van der Waals surface area contributed by atoms with E-state index in [1.54, 1.807) is 6.07 Å². The first-order valence-corrected chi connectivity index (χ1v) is 6.29. The Balaban J connectivity index is 2.24. The van der Waals surface area contributed by atoms with Gasteiger partial charge in [0.05, 0.1) is 6.10 Å². The predicted octanol–water partition coefficient (Wildman–Crippen LogP) is 1.69. The fourth-order valence-electron chi connectivity index (χ4n) is 1.49. The van der Waals surface area contributed by atoms with Crippen molar-refractivity contribution in [2.24, 2.45) is 5.84 Å². The summed E-state index contributed by atoms with van der Waals surface area (Å²) >= 11 is 0. The van der Waals surface area contributed by atoms with Crippen molar-refractivity contribution in [1.29, 1.82) is 0 Å². The molecule has 0 radical (unpaired) electrons. The monoisotopic (exact) mass is 253 g/mol. The van der Waals surface area contributed by atoms with Gasteiger partial charge in [-0.05, 0) is 33.6 Å². The van der Waals surface area contributed by atoms with Gasteiger partial charge in [-0.25, -0.2) is 15.8 Å². The molecule has 0 fully saturated rings. The Labute approximate surface area is 108 Å². The minimum Gasteiger partial charge on any atom is -0.379 e. The number of hydrazine groups is 1. The molecule has 1 aromatic rings. The Bertz CT molecular complexity index is 356. The molecule has 0 bridgehead atoms. The van der Waals surface area contributed by atoms with Crippen LogP contribution in [0.2, 0.25) is 0 Å². The summed E-state index contributed by atoms with van der Waals surface area (Å²) in [5.41, 5.74) is 2.52. The number of nitrogens with zero attached hydrogens (tertiary/aromatic N) is 2. The number of aromatic nitrogens is 2. The molecule has 1 aromatic heterocycles. The fraction of sp³-hybridized carbons (Fsp3) is 0.667. The minimum absolute atomic E-state index is 0.306. The molecule has 1 rings (SSSR count). The van der Waals surface area contributed by atoms with E-state index in [0.717, 1.165) is 31.8 Å². The number of rotatable bonds is 8. The van der Waals surface area contributed by atoms with Crippen LogP contribution in [0.1, 0.15) is 32.5 Å². The van der Waals surface area contributed by atoms with Crippen LogP contribution in [0.5, 0.6) is 0 Å². The topological polar surface area (TPSA) is 85.1 Å². The van der Waals surface area contributed by atoms with E-state index in [4.69, 9.17) is 10.6 Å². The molecular formula is C12H23N5O. The van der Waals surface area contributed by atoms with Gasteiger partial charge in [-0.2, -0.15) is 0 Å². The third-order valence-corrected chi connectivity index (χ3v) is 2.31. The summed E-state index contributed by atoms with van der Waals surface area (Å²) in [6.07, 6.45) is 2.39. The van der Waals surface area contributed by atoms with Gasteiger partial charge in [0.1, 0.15) is 17.5 Å². The SMILES string of the molecule is Cc1nc(NN)cc(NCCCCOC(C)C)n1. The van der Waals surface area contributed by atoms with E-state index in [1.165, 1.54) is 0 Å². The van der Waals surface area contributed by atoms with E-state index in [2.05, 4.69) is 20.7 Å². The zero-order valence-electron chi connectivity index (χ0n) is 11.4. The summed E-state index contributed by atoms with van der Waals surface area (Å²) in [6.45, 7) is 7.59. The van der Waals surface area contributed by atoms with E-state index in [9.17, 15) is 0 Å². The maximum atomic E-state index is 5.47. The standard InChI is InChI=1S/C12H23N5O/c1-9(2)18-7-5-4-6-14-11-8-12(17-13)16-10(3)15-11/h8-9H,4-7,13H2,1-3H3,(H2,14,15,16,17). The van der Waals surface area contributed by atoms with Crippen molar-refractivity contribution in [3.8, 4) is 0 Å². The number of nitrogens with two attached hydrogens (primary N) is 1. The number of ether oxygens (including phenoxy) is 1. The molecule has 0 atom stereocenters. The molecule has 4 N–H and O–H groups in total. The normalized spacial score (nSPS) is 10.7. The lowest BCUT2D eigenvalue weighted by Crippen LogP contribution is -2.12. The number of aryl methyl sites for hydroxylation is 1. The molecule has 0 aliphatic rings. The minimum atomic E-state index is 0.306. The van der Waals surface area contributed by atoms with Crippen LogP contribution in [0.15, 0.2) is 6.07 Å². The number of nitrogens with one attached hydrogen (secondary N) is 2. The number of nitrogen functional groups attached to an aromatic ring is 1. The molecule has 102 valence electrons. The molecule has 0 amide bonds. The van der Waals surface area contributed by atoms with Crippen molar-refractivity contribution in [3.63, 3.8) is 0 Å². The molecule has 18 heavy (non-hydrogen) atoms. The highest BCUT2D eigenvalue weighted by Gasteiger charge is 2.00. The second kappa shape index (κ2) is 7.84. The number of hydrogen-bond acceptors (Lipinski definition) is 6. The zero-order chi connectivity index (χ0) is 13.4. The van der Waals surface area contributed by atoms with E-state index < -0.39 is 0 Å². The zero-order valence-corrected chi connectivity index (χ0v) is 11.4. The largest absolute Gasteiger partial charge is 0.379 e. The van der Waals surface area contributed by atoms with Gasteiger partial charge in [0.15, 0.2) is 0 Å². The lowest BCUT2D eigenvalue weighted by Gasteiger charge is -2.09. The lowest BCUT2D eigenvalue weighted by atomic mass is 10.3. The Hall–Kier alpha value is -1.40. The molecule has 0 saturated carbocycles. The van der Waals surface area contributed by atoms with E-state index in [1.807, 2.05) is 20.8 Å². The second-order valence-corrected chi connectivity index (χ2v) is 4.38. The van der Waals surface area contributed by atoms with Gasteiger partial charge in [-0.1, -0.05) is 0 Å². The third kappa shape index (κ3) is 5.79. The van der Waals surface area contributed by atoms with Crippen molar-refractivity contribution < 1.29 is 4.74 Å². The first-order chi connectivity index (χ1) is 8.61. The van der Waals surface area contributed by atoms with E-state index >= 15 is 0 Å². The number of unbranched alkanes of at least 4 members (excludes halogenated alkanes) is 1. The maximum Gasteiger partial charge on any atom is 0.145 e. The summed E-state index contributed by atoms with van der Waals surface area (Å²) < 4.78 is 5.47. The van der Waals surface area contributed by atoms with Crippen molar-refractivity contribution in [2.75, 3.05) is 23.9 Å². The van der Waals surface area contributed by atoms with E-state index in [-0.39, 0.29) is 0 Å². The predicted molar refractivity (Wildman–Crippen MR) is 73.4 cm³/mol. The number of hydrogen-bond donors (Lipinski definition) is 3. The lowest BCUT2D eigenvalue weighted by molar-refractivity contribution is 0.0765. The van der Waals surface area contributed by atoms with Crippen LogP contribution in [-0.4, -0.2) is 29.2 Å². The molecule has 0 aromatic carbocycles. The van der Waals surface area contributed by atoms with Crippen LogP contribution < -0.4 is 16.6 Å². The highest BCUT2D eigenvalue weighted by atomic mass is 16.5. The van der Waals surface area contributed by atoms with Crippen LogP contribution in [0, 0.1) is 6.92 Å². The van der Waals surface area contributed by atoms with Crippen LogP contribution in [0.25, 0.3) is 0 Å². The van der Waals surface area contributed by atoms with Crippen LogP contribution in [-0.2, 0) is 4.74 Å². The smallest absolute Gasteiger partial charge is 0.145 e. The van der Waals surface area contributed by atoms with Gasteiger partial charge in [-0.15, -0.1) is 0 Å². The molecule has 0 saturated heterocycles. The van der Waals surface area contributed by atoms with Gasteiger partial charge in [0, 0.05) is 19.2 Å². The molecular weight excluding hydrogens is 230 g/mol. The molecule has 6 heteroatoms. The Morgan fingerprint density at radius 3 is 2.67 bits per heavy atom. The third-order valence-electron chi connectivity index (χ3n) is 2.31. The van der Waals surface area contributed by atoms with Crippen LogP contribution in [0.3, 0.4) is 0 Å². The van der Waals surface area contributed by atoms with Crippen LogP contribution >= 0.6 is 0 Å². The summed E-state index contributed by atoms with van der Waals surface area (Å²) in [7, 11) is 0. The van der Waals surface area contributed by atoms with Gasteiger partial charge in [-0.3, -0.25) is 0 Å². The fourth-order valence-corrected chi connectivity index (χ4v) is 1.49. The van der Waals surface area contributed by atoms with Gasteiger partial charge < -0.3 is 15.5 Å². The highest BCUT2D eigenvalue weighted by molar-refractivity contribution is 5.46. The Morgan fingerprint density at radius 1 is 1.28 bits per heavy atom. The molecule has 0 spiro atoms. The first kappa shape index (κ1) is 14.7. The number of anilines is 2. The molecule has 0 unspecified atom stereocenters. The molecule has 1 heterocycles. The summed E-state index contributed by atoms with van der Waals surface area (Å²) in [6, 6.07) is 1.79. The molecule has 0 aliphatic heterocycles. The Kier molecular flexibility index (Phi) is 6.38. The van der Waals surface area contributed by atoms with Crippen molar-refractivity contribution >= 4 is 11.6 Å². The van der Waals surface area contributed by atoms with Crippen LogP contribution in [0.4, 0.5) is 11.6 Å². The summed E-state index contributed by atoms with van der Waals surface area (Å²) in [5.74, 6) is 7.43. The summed E-state index contributed by atoms with van der Waals surface area (Å²) in [4.78, 5) is 8.40.